The first-order chi connectivity index (χ1) is 17.3. The summed E-state index contributed by atoms with van der Waals surface area (Å²) < 4.78 is 5.96. The molecule has 0 unspecified atom stereocenters. The summed E-state index contributed by atoms with van der Waals surface area (Å²) in [6.45, 7) is 7.77. The molecule has 6 aromatic rings. The van der Waals surface area contributed by atoms with E-state index >= 15 is 0 Å². The zero-order valence-electron chi connectivity index (χ0n) is 18.3. The molecule has 0 amide bonds. The molecule has 0 fully saturated rings. The van der Waals surface area contributed by atoms with Crippen molar-refractivity contribution in [2.45, 2.75) is 0 Å². The molecule has 0 aliphatic rings. The van der Waals surface area contributed by atoms with Crippen LogP contribution in [0.15, 0.2) is 100 Å². The van der Waals surface area contributed by atoms with E-state index in [4.69, 9.17) is 11.0 Å². The zero-order valence-corrected chi connectivity index (χ0v) is 20.7. The van der Waals surface area contributed by atoms with Gasteiger partial charge in [-0.2, -0.15) is 0 Å². The van der Waals surface area contributed by atoms with Crippen LogP contribution < -0.4 is 4.90 Å². The lowest BCUT2D eigenvalue weighted by atomic mass is 10.1. The molecule has 0 saturated carbocycles. The number of aromatic nitrogens is 1. The van der Waals surface area contributed by atoms with Gasteiger partial charge in [-0.25, -0.2) is 9.83 Å². The molecule has 7 heteroatoms. The van der Waals surface area contributed by atoms with Crippen molar-refractivity contribution in [2.24, 2.45) is 0 Å². The minimum absolute atomic E-state index is 0.337. The standard InChI is InChI=1S/C28H17N3OS3/c1-29-23(28-30-22-17-20(11-13-24(22)32-28)19-7-3-2-4-8-19)18-21-12-14-27(35-21)31(25-9-5-15-33-25)26-10-6-16-34-26/h2-18H/b23-18-. The van der Waals surface area contributed by atoms with Crippen molar-refractivity contribution in [1.29, 1.82) is 0 Å². The molecule has 35 heavy (non-hydrogen) atoms. The molecule has 4 aromatic heterocycles. The molecular formula is C28H17N3OS3. The molecule has 0 atom stereocenters. The summed E-state index contributed by atoms with van der Waals surface area (Å²) in [6, 6.07) is 28.6. The largest absolute Gasteiger partial charge is 0.447 e. The fraction of sp³-hybridized carbons (Fsp3) is 0. The number of hydrogen-bond donors (Lipinski definition) is 0. The Morgan fingerprint density at radius 3 is 2.29 bits per heavy atom. The Hall–Kier alpha value is -3.96. The maximum Gasteiger partial charge on any atom is 0.249 e. The number of thiophene rings is 3. The van der Waals surface area contributed by atoms with Gasteiger partial charge in [0.05, 0.1) is 6.57 Å². The highest BCUT2D eigenvalue weighted by atomic mass is 32.1. The lowest BCUT2D eigenvalue weighted by molar-refractivity contribution is 0.586. The van der Waals surface area contributed by atoms with Crippen LogP contribution in [-0.4, -0.2) is 4.98 Å². The molecule has 0 N–H and O–H groups in total. The van der Waals surface area contributed by atoms with Crippen LogP contribution in [0.1, 0.15) is 10.8 Å². The number of anilines is 3. The van der Waals surface area contributed by atoms with Crippen LogP contribution in [0.4, 0.5) is 15.0 Å². The number of fused-ring (bicyclic) bond motifs is 1. The number of benzene rings is 2. The van der Waals surface area contributed by atoms with E-state index in [0.717, 1.165) is 36.5 Å². The average molecular weight is 508 g/mol. The second kappa shape index (κ2) is 9.35. The first kappa shape index (κ1) is 21.6. The van der Waals surface area contributed by atoms with E-state index in [0.29, 0.717) is 17.2 Å². The van der Waals surface area contributed by atoms with Gasteiger partial charge in [0.25, 0.3) is 0 Å². The van der Waals surface area contributed by atoms with Gasteiger partial charge in [0.1, 0.15) is 20.5 Å². The Bertz CT molecular complexity index is 1620. The van der Waals surface area contributed by atoms with E-state index in [9.17, 15) is 0 Å². The van der Waals surface area contributed by atoms with Crippen molar-refractivity contribution in [3.63, 3.8) is 0 Å². The topological polar surface area (TPSA) is 33.6 Å². The molecule has 2 aromatic carbocycles. The molecule has 0 bridgehead atoms. The molecule has 4 heterocycles. The normalized spacial score (nSPS) is 11.6. The zero-order chi connectivity index (χ0) is 23.6. The van der Waals surface area contributed by atoms with Gasteiger partial charge in [-0.15, -0.1) is 34.0 Å². The Morgan fingerprint density at radius 1 is 0.829 bits per heavy atom. The highest BCUT2D eigenvalue weighted by Gasteiger charge is 2.17. The summed E-state index contributed by atoms with van der Waals surface area (Å²) in [5.74, 6) is 0.337. The van der Waals surface area contributed by atoms with Gasteiger partial charge in [-0.05, 0) is 76.5 Å². The fourth-order valence-electron chi connectivity index (χ4n) is 3.78. The van der Waals surface area contributed by atoms with Crippen LogP contribution in [0, 0.1) is 6.57 Å². The summed E-state index contributed by atoms with van der Waals surface area (Å²) in [5.41, 5.74) is 3.98. The average Bonchev–Trinajstić information content (AvgIpc) is 3.71. The Kier molecular flexibility index (Phi) is 5.76. The van der Waals surface area contributed by atoms with E-state index < -0.39 is 0 Å². The summed E-state index contributed by atoms with van der Waals surface area (Å²) in [4.78, 5) is 11.6. The third kappa shape index (κ3) is 4.31. The molecule has 4 nitrogen and oxygen atoms in total. The predicted molar refractivity (Wildman–Crippen MR) is 149 cm³/mol. The molecule has 0 radical (unpaired) electrons. The second-order valence-corrected chi connectivity index (χ2v) is 10.6. The van der Waals surface area contributed by atoms with Crippen molar-refractivity contribution >= 4 is 71.9 Å². The summed E-state index contributed by atoms with van der Waals surface area (Å²) >= 11 is 5.03. The Labute approximate surface area is 214 Å². The SMILES string of the molecule is [C-]#[N+]/C(=C\c1ccc(N(c2cccs2)c2cccs2)s1)c1nc2cc(-c3ccccc3)ccc2o1. The quantitative estimate of drug-likeness (QED) is 0.210. The maximum absolute atomic E-state index is 7.77. The minimum atomic E-state index is 0.337. The van der Waals surface area contributed by atoms with Crippen molar-refractivity contribution in [3.05, 3.63) is 118 Å². The second-order valence-electron chi connectivity index (χ2n) is 7.62. The smallest absolute Gasteiger partial charge is 0.249 e. The van der Waals surface area contributed by atoms with Gasteiger partial charge in [-0.3, -0.25) is 4.90 Å². The van der Waals surface area contributed by atoms with Gasteiger partial charge in [0, 0.05) is 4.88 Å². The number of nitrogens with zero attached hydrogens (tertiary/aromatic N) is 3. The molecule has 0 saturated heterocycles. The van der Waals surface area contributed by atoms with Crippen molar-refractivity contribution < 1.29 is 4.42 Å². The van der Waals surface area contributed by atoms with Gasteiger partial charge in [0.2, 0.25) is 11.6 Å². The monoisotopic (exact) mass is 507 g/mol. The van der Waals surface area contributed by atoms with Crippen molar-refractivity contribution in [3.8, 4) is 11.1 Å². The first-order valence-electron chi connectivity index (χ1n) is 10.8. The minimum Gasteiger partial charge on any atom is -0.447 e. The Balaban J connectivity index is 1.34. The molecule has 168 valence electrons. The van der Waals surface area contributed by atoms with Gasteiger partial charge < -0.3 is 4.42 Å². The van der Waals surface area contributed by atoms with Crippen LogP contribution in [-0.2, 0) is 0 Å². The van der Waals surface area contributed by atoms with E-state index in [1.807, 2.05) is 48.5 Å². The number of rotatable bonds is 6. The van der Waals surface area contributed by atoms with Gasteiger partial charge >= 0.3 is 0 Å². The number of oxazole rings is 1. The van der Waals surface area contributed by atoms with Crippen LogP contribution in [0.5, 0.6) is 0 Å². The Morgan fingerprint density at radius 2 is 1.60 bits per heavy atom. The third-order valence-electron chi connectivity index (χ3n) is 5.40. The van der Waals surface area contributed by atoms with E-state index in [2.05, 4.69) is 68.0 Å². The fourth-order valence-corrected chi connectivity index (χ4v) is 6.44. The van der Waals surface area contributed by atoms with Crippen LogP contribution in [0.3, 0.4) is 0 Å². The van der Waals surface area contributed by atoms with E-state index in [1.165, 1.54) is 0 Å². The summed E-state index contributed by atoms with van der Waals surface area (Å²) in [5, 5.41) is 7.57. The molecule has 6 rings (SSSR count). The highest BCUT2D eigenvalue weighted by Crippen LogP contribution is 2.43. The van der Waals surface area contributed by atoms with Crippen LogP contribution in [0.2, 0.25) is 0 Å². The summed E-state index contributed by atoms with van der Waals surface area (Å²) in [7, 11) is 0. The third-order valence-corrected chi connectivity index (χ3v) is 8.12. The summed E-state index contributed by atoms with van der Waals surface area (Å²) in [6.07, 6.45) is 1.85. The van der Waals surface area contributed by atoms with Crippen molar-refractivity contribution in [1.82, 2.24) is 4.98 Å². The predicted octanol–water partition coefficient (Wildman–Crippen LogP) is 9.57. The van der Waals surface area contributed by atoms with Crippen molar-refractivity contribution in [2.75, 3.05) is 4.90 Å². The van der Waals surface area contributed by atoms with Crippen LogP contribution >= 0.6 is 34.0 Å². The molecular weight excluding hydrogens is 491 g/mol. The molecule has 0 aliphatic carbocycles. The highest BCUT2D eigenvalue weighted by molar-refractivity contribution is 7.20. The van der Waals surface area contributed by atoms with E-state index in [-0.39, 0.29) is 0 Å². The number of hydrogen-bond acceptors (Lipinski definition) is 6. The van der Waals surface area contributed by atoms with Crippen LogP contribution in [0.25, 0.3) is 38.8 Å². The molecule has 0 spiro atoms. The molecule has 0 aliphatic heterocycles. The maximum atomic E-state index is 7.77. The lowest BCUT2D eigenvalue weighted by Gasteiger charge is -2.19. The van der Waals surface area contributed by atoms with Gasteiger partial charge in [-0.1, -0.05) is 36.4 Å². The van der Waals surface area contributed by atoms with E-state index in [1.54, 1.807) is 34.0 Å². The first-order valence-corrected chi connectivity index (χ1v) is 13.4. The lowest BCUT2D eigenvalue weighted by Crippen LogP contribution is -2.04. The van der Waals surface area contributed by atoms with Gasteiger partial charge in [0.15, 0.2) is 5.58 Å².